The van der Waals surface area contributed by atoms with Crippen LogP contribution < -0.4 is 9.30 Å². The van der Waals surface area contributed by atoms with Gasteiger partial charge in [-0.15, -0.1) is 0 Å². The molecule has 2 aliphatic rings. The Hall–Kier alpha value is -2.44. The Morgan fingerprint density at radius 2 is 1.85 bits per heavy atom. The van der Waals surface area contributed by atoms with Gasteiger partial charge in [0.05, 0.1) is 16.8 Å². The topological polar surface area (TPSA) is 48.3 Å². The third-order valence-electron chi connectivity index (χ3n) is 7.31. The number of rotatable bonds is 3. The Bertz CT molecular complexity index is 1220. The van der Waals surface area contributed by atoms with Crippen molar-refractivity contribution in [3.63, 3.8) is 0 Å². The highest BCUT2D eigenvalue weighted by Crippen LogP contribution is 2.44. The molecule has 1 amide bonds. The number of aryl methyl sites for hydroxylation is 3. The van der Waals surface area contributed by atoms with Crippen molar-refractivity contribution in [2.45, 2.75) is 38.0 Å². The fourth-order valence-electron chi connectivity index (χ4n) is 5.58. The number of hydrogen-bond donors (Lipinski definition) is 1. The highest BCUT2D eigenvalue weighted by molar-refractivity contribution is 9.10. The van der Waals surface area contributed by atoms with Gasteiger partial charge >= 0.3 is 0 Å². The molecule has 1 unspecified atom stereocenters. The van der Waals surface area contributed by atoms with Crippen LogP contribution in [0.1, 0.15) is 46.7 Å². The number of piperidine rings is 1. The van der Waals surface area contributed by atoms with E-state index < -0.39 is 0 Å². The first kappa shape index (κ1) is 23.3. The third kappa shape index (κ3) is 4.58. The molecule has 0 radical (unpaired) electrons. The van der Waals surface area contributed by atoms with Gasteiger partial charge in [0.2, 0.25) is 17.8 Å². The molecule has 2 aromatic heterocycles. The second-order valence-corrected chi connectivity index (χ2v) is 10.8. The van der Waals surface area contributed by atoms with E-state index in [-0.39, 0.29) is 17.7 Å². The molecule has 5 rings (SSSR count). The zero-order valence-electron chi connectivity index (χ0n) is 19.3. The molecule has 176 valence electrons. The molecule has 1 aromatic carbocycles. The van der Waals surface area contributed by atoms with Crippen LogP contribution in [0.15, 0.2) is 59.5 Å². The van der Waals surface area contributed by atoms with Crippen molar-refractivity contribution in [1.29, 1.82) is 0 Å². The van der Waals surface area contributed by atoms with E-state index in [0.717, 1.165) is 70.7 Å². The summed E-state index contributed by atoms with van der Waals surface area (Å²) in [5.41, 5.74) is 5.49. The summed E-state index contributed by atoms with van der Waals surface area (Å²) in [7, 11) is 1.97. The van der Waals surface area contributed by atoms with E-state index in [2.05, 4.69) is 28.1 Å². The van der Waals surface area contributed by atoms with Gasteiger partial charge in [-0.05, 0) is 76.4 Å². The van der Waals surface area contributed by atoms with E-state index in [9.17, 15) is 10.0 Å². The van der Waals surface area contributed by atoms with Crippen molar-refractivity contribution in [1.82, 2.24) is 4.90 Å². The molecule has 7 heteroatoms. The molecule has 5 nitrogen and oxygen atoms in total. The molecule has 0 spiro atoms. The second-order valence-electron chi connectivity index (χ2n) is 9.47. The number of fused-ring (bicyclic) bond motifs is 2. The molecule has 0 saturated carbocycles. The molecule has 1 atom stereocenters. The van der Waals surface area contributed by atoms with Gasteiger partial charge in [0.1, 0.15) is 7.05 Å². The lowest BCUT2D eigenvalue weighted by atomic mass is 9.76. The summed E-state index contributed by atoms with van der Waals surface area (Å²) in [6.45, 7) is 1.44. The molecule has 1 saturated heterocycles. The Labute approximate surface area is 213 Å². The van der Waals surface area contributed by atoms with Gasteiger partial charge in [-0.1, -0.05) is 23.7 Å². The minimum atomic E-state index is -0.00863. The lowest BCUT2D eigenvalue weighted by Crippen LogP contribution is -2.44. The number of likely N-dealkylation sites (tertiary alicyclic amines) is 1. The monoisotopic (exact) mass is 541 g/mol. The van der Waals surface area contributed by atoms with Crippen LogP contribution in [0.5, 0.6) is 0 Å². The highest BCUT2D eigenvalue weighted by Gasteiger charge is 2.41. The minimum absolute atomic E-state index is 0.00863. The third-order valence-corrected chi connectivity index (χ3v) is 8.08. The summed E-state index contributed by atoms with van der Waals surface area (Å²) < 4.78 is 4.12. The molecule has 1 aliphatic carbocycles. The Morgan fingerprint density at radius 1 is 1.15 bits per heavy atom. The predicted octanol–water partition coefficient (Wildman–Crippen LogP) is 4.16. The van der Waals surface area contributed by atoms with Gasteiger partial charge < -0.3 is 4.90 Å². The zero-order chi connectivity index (χ0) is 23.8. The summed E-state index contributed by atoms with van der Waals surface area (Å²) in [5.74, 6) is 0.453. The fraction of sp³-hybridized carbons (Fsp3) is 0.370. The minimum Gasteiger partial charge on any atom is -0.342 e. The summed E-state index contributed by atoms with van der Waals surface area (Å²) in [6, 6.07) is 12.3. The first-order valence-corrected chi connectivity index (χ1v) is 13.0. The van der Waals surface area contributed by atoms with E-state index in [1.165, 1.54) is 10.3 Å². The van der Waals surface area contributed by atoms with Crippen molar-refractivity contribution in [2.24, 2.45) is 13.0 Å². The largest absolute Gasteiger partial charge is 0.342 e. The van der Waals surface area contributed by atoms with Crippen LogP contribution in [0.3, 0.4) is 0 Å². The first-order chi connectivity index (χ1) is 16.4. The molecule has 1 N–H and O–H groups in total. The summed E-state index contributed by atoms with van der Waals surface area (Å²) >= 11 is 10.3. The van der Waals surface area contributed by atoms with Crippen molar-refractivity contribution in [3.05, 3.63) is 92.4 Å². The summed E-state index contributed by atoms with van der Waals surface area (Å²) in [4.78, 5) is 15.0. The normalized spacial score (nSPS) is 18.2. The molecule has 3 heterocycles. The molecule has 1 aliphatic heterocycles. The molecular weight excluding hydrogens is 514 g/mol. The maximum atomic E-state index is 13.0. The summed E-state index contributed by atoms with van der Waals surface area (Å²) in [6.07, 6.45) is 9.58. The number of aromatic nitrogens is 2. The average molecular weight is 543 g/mol. The number of pyridine rings is 2. The number of halogens is 2. The fourth-order valence-corrected chi connectivity index (χ4v) is 6.37. The SMILES string of the molecule is C[n+]1ccc(CC(=O)N2CCC(C3c4c(Cl)cccc4CCc4cc(Br)c[n+](O)c43)CC2)cc1. The molecule has 34 heavy (non-hydrogen) atoms. The molecule has 0 bridgehead atoms. The summed E-state index contributed by atoms with van der Waals surface area (Å²) in [5, 5.41) is 11.7. The van der Waals surface area contributed by atoms with Crippen LogP contribution in [0.2, 0.25) is 5.02 Å². The maximum absolute atomic E-state index is 13.0. The lowest BCUT2D eigenvalue weighted by molar-refractivity contribution is -0.910. The number of hydrogen-bond acceptors (Lipinski definition) is 2. The van der Waals surface area contributed by atoms with E-state index in [1.807, 2.05) is 53.2 Å². The van der Waals surface area contributed by atoms with Gasteiger partial charge in [0.25, 0.3) is 0 Å². The number of carbonyl (C=O) groups is 1. The Morgan fingerprint density at radius 3 is 2.59 bits per heavy atom. The average Bonchev–Trinajstić information content (AvgIpc) is 2.99. The first-order valence-electron chi connectivity index (χ1n) is 11.8. The Kier molecular flexibility index (Phi) is 6.63. The number of nitrogens with zero attached hydrogens (tertiary/aromatic N) is 3. The maximum Gasteiger partial charge on any atom is 0.245 e. The van der Waals surface area contributed by atoms with E-state index in [0.29, 0.717) is 6.42 Å². The van der Waals surface area contributed by atoms with Gasteiger partial charge in [0, 0.05) is 40.5 Å². The van der Waals surface area contributed by atoms with Gasteiger partial charge in [0.15, 0.2) is 12.4 Å². The number of benzene rings is 1. The van der Waals surface area contributed by atoms with Crippen molar-refractivity contribution in [3.8, 4) is 0 Å². The van der Waals surface area contributed by atoms with Crippen LogP contribution in [-0.2, 0) is 31.1 Å². The molecule has 1 fully saturated rings. The smallest absolute Gasteiger partial charge is 0.245 e. The van der Waals surface area contributed by atoms with Crippen molar-refractivity contribution in [2.75, 3.05) is 13.1 Å². The van der Waals surface area contributed by atoms with Gasteiger partial charge in [-0.3, -0.25) is 10.0 Å². The van der Waals surface area contributed by atoms with Crippen LogP contribution in [0.25, 0.3) is 0 Å². The van der Waals surface area contributed by atoms with Crippen molar-refractivity contribution >= 4 is 33.4 Å². The lowest BCUT2D eigenvalue weighted by Gasteiger charge is -2.35. The zero-order valence-corrected chi connectivity index (χ0v) is 21.6. The molecule has 3 aromatic rings. The quantitative estimate of drug-likeness (QED) is 0.399. The number of carbonyl (C=O) groups excluding carboxylic acids is 1. The van der Waals surface area contributed by atoms with Crippen LogP contribution >= 0.6 is 27.5 Å². The van der Waals surface area contributed by atoms with E-state index in [4.69, 9.17) is 11.6 Å². The standard InChI is InChI=1S/C27H29BrClN3O2/c1-30-11-7-18(8-12-30)15-24(33)31-13-9-20(10-14-31)26-25-19(3-2-4-23(25)29)5-6-21-16-22(28)17-32(34)27(21)26/h2-4,7-8,11-12,16-17,20,26,34H,5-6,9-10,13-15H2,1H3/q+2. The van der Waals surface area contributed by atoms with Gasteiger partial charge in [-0.2, -0.15) is 0 Å². The predicted molar refractivity (Wildman–Crippen MR) is 133 cm³/mol. The van der Waals surface area contributed by atoms with E-state index >= 15 is 0 Å². The second kappa shape index (κ2) is 9.67. The van der Waals surface area contributed by atoms with Crippen LogP contribution in [0.4, 0.5) is 0 Å². The molecular formula is C27H29BrClN3O2+2. The Balaban J connectivity index is 1.41. The van der Waals surface area contributed by atoms with Crippen molar-refractivity contribution < 1.29 is 19.3 Å². The van der Waals surface area contributed by atoms with Gasteiger partial charge in [-0.25, -0.2) is 4.57 Å². The highest BCUT2D eigenvalue weighted by atomic mass is 79.9. The van der Waals surface area contributed by atoms with Crippen LogP contribution in [0, 0.1) is 5.92 Å². The number of amides is 1. The van der Waals surface area contributed by atoms with Crippen LogP contribution in [-0.4, -0.2) is 29.1 Å². The van der Waals surface area contributed by atoms with E-state index in [1.54, 1.807) is 6.20 Å².